The molecule has 0 aliphatic heterocycles. The van der Waals surface area contributed by atoms with Crippen molar-refractivity contribution in [1.82, 2.24) is 4.98 Å². The second-order valence-corrected chi connectivity index (χ2v) is 5.04. The van der Waals surface area contributed by atoms with Gasteiger partial charge in [0.2, 0.25) is 0 Å². The molecular formula is C14H13ClFN3O2. The Morgan fingerprint density at radius 2 is 2.10 bits per heavy atom. The molecule has 0 unspecified atom stereocenters. The van der Waals surface area contributed by atoms with Gasteiger partial charge in [-0.2, -0.15) is 0 Å². The summed E-state index contributed by atoms with van der Waals surface area (Å²) in [5.41, 5.74) is 1.05. The summed E-state index contributed by atoms with van der Waals surface area (Å²) in [5, 5.41) is 10.8. The summed E-state index contributed by atoms with van der Waals surface area (Å²) in [7, 11) is 1.78. The van der Waals surface area contributed by atoms with Gasteiger partial charge >= 0.3 is 0 Å². The second-order valence-electron chi connectivity index (χ2n) is 4.64. The average Bonchev–Trinajstić information content (AvgIpc) is 2.42. The van der Waals surface area contributed by atoms with E-state index in [1.807, 2.05) is 0 Å². The summed E-state index contributed by atoms with van der Waals surface area (Å²) in [6.07, 6.45) is 0. The molecule has 0 saturated carbocycles. The number of nitrogens with zero attached hydrogens (tertiary/aromatic N) is 3. The maximum atomic E-state index is 13.4. The first kappa shape index (κ1) is 15.2. The van der Waals surface area contributed by atoms with Crippen LogP contribution in [0.4, 0.5) is 15.9 Å². The van der Waals surface area contributed by atoms with Gasteiger partial charge < -0.3 is 4.90 Å². The van der Waals surface area contributed by atoms with Crippen LogP contribution in [0.15, 0.2) is 30.3 Å². The van der Waals surface area contributed by atoms with Gasteiger partial charge in [-0.05, 0) is 30.7 Å². The predicted octanol–water partition coefficient (Wildman–Crippen LogP) is 3.73. The number of nitro groups is 1. The van der Waals surface area contributed by atoms with E-state index >= 15 is 0 Å². The zero-order valence-electron chi connectivity index (χ0n) is 11.5. The summed E-state index contributed by atoms with van der Waals surface area (Å²) in [6, 6.07) is 7.56. The highest BCUT2D eigenvalue weighted by Crippen LogP contribution is 2.22. The Balaban J connectivity index is 2.20. The molecule has 0 radical (unpaired) electrons. The van der Waals surface area contributed by atoms with Gasteiger partial charge in [-0.3, -0.25) is 10.1 Å². The molecule has 1 aromatic carbocycles. The number of hydrogen-bond donors (Lipinski definition) is 0. The van der Waals surface area contributed by atoms with Gasteiger partial charge in [0.1, 0.15) is 17.3 Å². The van der Waals surface area contributed by atoms with Gasteiger partial charge in [0.15, 0.2) is 0 Å². The molecule has 0 bridgehead atoms. The zero-order chi connectivity index (χ0) is 15.6. The van der Waals surface area contributed by atoms with Crippen molar-refractivity contribution in [1.29, 1.82) is 0 Å². The Morgan fingerprint density at radius 3 is 2.67 bits per heavy atom. The molecule has 0 spiro atoms. The lowest BCUT2D eigenvalue weighted by molar-refractivity contribution is -0.385. The van der Waals surface area contributed by atoms with Crippen molar-refractivity contribution in [2.45, 2.75) is 13.5 Å². The quantitative estimate of drug-likeness (QED) is 0.638. The van der Waals surface area contributed by atoms with Crippen LogP contribution in [0.3, 0.4) is 0 Å². The molecule has 0 atom stereocenters. The van der Waals surface area contributed by atoms with Crippen LogP contribution in [-0.2, 0) is 6.54 Å². The van der Waals surface area contributed by atoms with Gasteiger partial charge in [0.05, 0.1) is 9.95 Å². The highest BCUT2D eigenvalue weighted by molar-refractivity contribution is 6.30. The number of pyridine rings is 1. The van der Waals surface area contributed by atoms with Gasteiger partial charge in [-0.15, -0.1) is 0 Å². The highest BCUT2D eigenvalue weighted by Gasteiger charge is 2.14. The van der Waals surface area contributed by atoms with Crippen LogP contribution in [0.1, 0.15) is 11.3 Å². The molecule has 21 heavy (non-hydrogen) atoms. The fourth-order valence-electron chi connectivity index (χ4n) is 1.94. The minimum Gasteiger partial charge on any atom is -0.355 e. The van der Waals surface area contributed by atoms with Crippen molar-refractivity contribution in [2.75, 3.05) is 11.9 Å². The minimum atomic E-state index is -0.476. The SMILES string of the molecule is Cc1nc(N(C)Cc2ccc(Cl)c(F)c2)ccc1[N+](=O)[O-]. The van der Waals surface area contributed by atoms with E-state index < -0.39 is 10.7 Å². The number of aryl methyl sites for hydroxylation is 1. The molecule has 1 aromatic heterocycles. The third-order valence-corrected chi connectivity index (χ3v) is 3.34. The number of rotatable bonds is 4. The Kier molecular flexibility index (Phi) is 4.37. The number of halogens is 2. The monoisotopic (exact) mass is 309 g/mol. The van der Waals surface area contributed by atoms with Crippen molar-refractivity contribution < 1.29 is 9.31 Å². The maximum Gasteiger partial charge on any atom is 0.290 e. The van der Waals surface area contributed by atoms with Crippen molar-refractivity contribution in [3.05, 3.63) is 62.5 Å². The summed E-state index contributed by atoms with van der Waals surface area (Å²) in [6.45, 7) is 2.00. The summed E-state index contributed by atoms with van der Waals surface area (Å²) >= 11 is 5.64. The lowest BCUT2D eigenvalue weighted by Crippen LogP contribution is -2.18. The topological polar surface area (TPSA) is 59.3 Å². The molecule has 0 fully saturated rings. The third kappa shape index (κ3) is 3.46. The summed E-state index contributed by atoms with van der Waals surface area (Å²) in [5.74, 6) is 0.101. The largest absolute Gasteiger partial charge is 0.355 e. The molecular weight excluding hydrogens is 297 g/mol. The number of anilines is 1. The Morgan fingerprint density at radius 1 is 1.38 bits per heavy atom. The first-order valence-electron chi connectivity index (χ1n) is 6.15. The smallest absolute Gasteiger partial charge is 0.290 e. The average molecular weight is 310 g/mol. The standard InChI is InChI=1S/C14H13ClFN3O2/c1-9-13(19(20)21)5-6-14(17-9)18(2)8-10-3-4-11(15)12(16)7-10/h3-7H,8H2,1-2H3. The Bertz CT molecular complexity index is 694. The van der Waals surface area contributed by atoms with Gasteiger partial charge in [0, 0.05) is 19.7 Å². The molecule has 0 saturated heterocycles. The van der Waals surface area contributed by atoms with E-state index in [0.717, 1.165) is 5.56 Å². The Hall–Kier alpha value is -2.21. The van der Waals surface area contributed by atoms with Crippen LogP contribution in [0.5, 0.6) is 0 Å². The molecule has 2 aromatic rings. The van der Waals surface area contributed by atoms with Crippen LogP contribution in [0.2, 0.25) is 5.02 Å². The van der Waals surface area contributed by atoms with E-state index in [9.17, 15) is 14.5 Å². The maximum absolute atomic E-state index is 13.4. The van der Waals surface area contributed by atoms with Crippen LogP contribution in [-0.4, -0.2) is 17.0 Å². The van der Waals surface area contributed by atoms with E-state index in [4.69, 9.17) is 11.6 Å². The number of hydrogen-bond acceptors (Lipinski definition) is 4. The molecule has 5 nitrogen and oxygen atoms in total. The van der Waals surface area contributed by atoms with Crippen LogP contribution in [0, 0.1) is 22.9 Å². The van der Waals surface area contributed by atoms with Gasteiger partial charge in [0.25, 0.3) is 5.69 Å². The van der Waals surface area contributed by atoms with Crippen LogP contribution in [0.25, 0.3) is 0 Å². The molecule has 0 aliphatic rings. The highest BCUT2D eigenvalue weighted by atomic mass is 35.5. The van der Waals surface area contributed by atoms with Crippen molar-refractivity contribution in [3.8, 4) is 0 Å². The fourth-order valence-corrected chi connectivity index (χ4v) is 2.06. The molecule has 110 valence electrons. The van der Waals surface area contributed by atoms with Crippen LogP contribution < -0.4 is 4.90 Å². The number of aromatic nitrogens is 1. The van der Waals surface area contributed by atoms with Crippen molar-refractivity contribution in [3.63, 3.8) is 0 Å². The lowest BCUT2D eigenvalue weighted by atomic mass is 10.2. The minimum absolute atomic E-state index is 0.0234. The third-order valence-electron chi connectivity index (χ3n) is 3.03. The summed E-state index contributed by atoms with van der Waals surface area (Å²) in [4.78, 5) is 16.3. The lowest BCUT2D eigenvalue weighted by Gasteiger charge is -2.18. The van der Waals surface area contributed by atoms with E-state index in [-0.39, 0.29) is 10.7 Å². The van der Waals surface area contributed by atoms with Crippen molar-refractivity contribution >= 4 is 23.1 Å². The fraction of sp³-hybridized carbons (Fsp3) is 0.214. The van der Waals surface area contributed by atoms with Crippen LogP contribution >= 0.6 is 11.6 Å². The normalized spacial score (nSPS) is 10.5. The van der Waals surface area contributed by atoms with Gasteiger partial charge in [-0.1, -0.05) is 17.7 Å². The molecule has 7 heteroatoms. The molecule has 0 aliphatic carbocycles. The van der Waals surface area contributed by atoms with E-state index in [1.54, 1.807) is 31.0 Å². The first-order chi connectivity index (χ1) is 9.88. The molecule has 0 N–H and O–H groups in total. The first-order valence-corrected chi connectivity index (χ1v) is 6.53. The summed E-state index contributed by atoms with van der Waals surface area (Å²) < 4.78 is 13.4. The molecule has 2 rings (SSSR count). The Labute approximate surface area is 126 Å². The zero-order valence-corrected chi connectivity index (χ0v) is 12.3. The van der Waals surface area contributed by atoms with Crippen molar-refractivity contribution in [2.24, 2.45) is 0 Å². The van der Waals surface area contributed by atoms with Gasteiger partial charge in [-0.25, -0.2) is 9.37 Å². The van der Waals surface area contributed by atoms with E-state index in [1.165, 1.54) is 18.2 Å². The van der Waals surface area contributed by atoms with E-state index in [0.29, 0.717) is 18.1 Å². The van der Waals surface area contributed by atoms with E-state index in [2.05, 4.69) is 4.98 Å². The predicted molar refractivity (Wildman–Crippen MR) is 79.1 cm³/mol. The molecule has 1 heterocycles. The number of benzene rings is 1. The molecule has 0 amide bonds. The second kappa shape index (κ2) is 6.05.